The van der Waals surface area contributed by atoms with Crippen LogP contribution < -0.4 is 5.32 Å². The third-order valence-electron chi connectivity index (χ3n) is 2.28. The molecule has 3 heteroatoms. The molecule has 0 aromatic carbocycles. The molecule has 0 bridgehead atoms. The zero-order valence-corrected chi connectivity index (χ0v) is 9.80. The smallest absolute Gasteiger partial charge is 0.106 e. The standard InChI is InChI=1S/C12H19N3/c1-4-6-8-15-11(3)14-10-12(15)9-13-7-5-2/h10,13H,5,7-9H2,1-3H3. The van der Waals surface area contributed by atoms with Crippen LogP contribution in [0.4, 0.5) is 0 Å². The van der Waals surface area contributed by atoms with Crippen molar-refractivity contribution in [2.45, 2.75) is 40.3 Å². The largest absolute Gasteiger partial charge is 0.319 e. The molecule has 1 N–H and O–H groups in total. The van der Waals surface area contributed by atoms with Gasteiger partial charge in [0.1, 0.15) is 5.82 Å². The van der Waals surface area contributed by atoms with Crippen LogP contribution in [0.25, 0.3) is 0 Å². The van der Waals surface area contributed by atoms with Gasteiger partial charge in [-0.15, -0.1) is 5.92 Å². The molecule has 1 heterocycles. The van der Waals surface area contributed by atoms with E-state index in [9.17, 15) is 0 Å². The van der Waals surface area contributed by atoms with Crippen molar-refractivity contribution in [3.63, 3.8) is 0 Å². The lowest BCUT2D eigenvalue weighted by molar-refractivity contribution is 0.630. The van der Waals surface area contributed by atoms with Gasteiger partial charge < -0.3 is 9.88 Å². The number of aromatic nitrogens is 2. The van der Waals surface area contributed by atoms with E-state index in [-0.39, 0.29) is 0 Å². The minimum Gasteiger partial charge on any atom is -0.319 e. The van der Waals surface area contributed by atoms with Crippen molar-refractivity contribution in [3.05, 3.63) is 17.7 Å². The van der Waals surface area contributed by atoms with Crippen molar-refractivity contribution >= 4 is 0 Å². The highest BCUT2D eigenvalue weighted by Gasteiger charge is 2.03. The van der Waals surface area contributed by atoms with Gasteiger partial charge in [-0.3, -0.25) is 0 Å². The Labute approximate surface area is 91.9 Å². The van der Waals surface area contributed by atoms with Gasteiger partial charge in [-0.25, -0.2) is 4.98 Å². The SMILES string of the molecule is CC#CCn1c(CNCCC)cnc1C. The van der Waals surface area contributed by atoms with Gasteiger partial charge in [0.2, 0.25) is 0 Å². The second kappa shape index (κ2) is 6.26. The number of hydrogen-bond acceptors (Lipinski definition) is 2. The van der Waals surface area contributed by atoms with Crippen LogP contribution in [0.1, 0.15) is 31.8 Å². The minimum absolute atomic E-state index is 0.742. The molecule has 0 saturated carbocycles. The molecule has 0 spiro atoms. The Morgan fingerprint density at radius 3 is 3.00 bits per heavy atom. The quantitative estimate of drug-likeness (QED) is 0.586. The third-order valence-corrected chi connectivity index (χ3v) is 2.28. The number of hydrogen-bond donors (Lipinski definition) is 1. The van der Waals surface area contributed by atoms with Gasteiger partial charge >= 0.3 is 0 Å². The number of imidazole rings is 1. The predicted molar refractivity (Wildman–Crippen MR) is 62.4 cm³/mol. The van der Waals surface area contributed by atoms with E-state index in [0.717, 1.165) is 31.9 Å². The summed E-state index contributed by atoms with van der Waals surface area (Å²) in [5.74, 6) is 7.01. The van der Waals surface area contributed by atoms with E-state index in [0.29, 0.717) is 0 Å². The molecule has 0 aliphatic rings. The molecule has 1 rings (SSSR count). The van der Waals surface area contributed by atoms with Crippen molar-refractivity contribution < 1.29 is 0 Å². The first-order valence-corrected chi connectivity index (χ1v) is 5.41. The zero-order chi connectivity index (χ0) is 11.1. The predicted octanol–water partition coefficient (Wildman–Crippen LogP) is 1.71. The number of nitrogens with one attached hydrogen (secondary N) is 1. The van der Waals surface area contributed by atoms with Crippen LogP contribution in [0.3, 0.4) is 0 Å². The van der Waals surface area contributed by atoms with Crippen molar-refractivity contribution in [2.75, 3.05) is 6.54 Å². The minimum atomic E-state index is 0.742. The van der Waals surface area contributed by atoms with Crippen LogP contribution in [0.15, 0.2) is 6.20 Å². The van der Waals surface area contributed by atoms with E-state index in [4.69, 9.17) is 0 Å². The maximum absolute atomic E-state index is 4.30. The molecule has 1 aromatic rings. The zero-order valence-electron chi connectivity index (χ0n) is 9.80. The first kappa shape index (κ1) is 11.8. The normalized spacial score (nSPS) is 9.80. The fraction of sp³-hybridized carbons (Fsp3) is 0.583. The molecule has 0 saturated heterocycles. The Morgan fingerprint density at radius 1 is 1.53 bits per heavy atom. The van der Waals surface area contributed by atoms with Gasteiger partial charge in [0.25, 0.3) is 0 Å². The van der Waals surface area contributed by atoms with E-state index in [1.54, 1.807) is 0 Å². The summed E-state index contributed by atoms with van der Waals surface area (Å²) in [4.78, 5) is 4.30. The average Bonchev–Trinajstić information content (AvgIpc) is 2.58. The summed E-state index contributed by atoms with van der Waals surface area (Å²) in [7, 11) is 0. The van der Waals surface area contributed by atoms with Gasteiger partial charge in [-0.1, -0.05) is 12.8 Å². The molecular formula is C12H19N3. The molecule has 0 radical (unpaired) electrons. The first-order valence-electron chi connectivity index (χ1n) is 5.41. The Hall–Kier alpha value is -1.27. The van der Waals surface area contributed by atoms with Crippen LogP contribution >= 0.6 is 0 Å². The van der Waals surface area contributed by atoms with Crippen LogP contribution in [-0.2, 0) is 13.1 Å². The first-order chi connectivity index (χ1) is 7.29. The number of rotatable bonds is 5. The highest BCUT2D eigenvalue weighted by molar-refractivity contribution is 5.08. The van der Waals surface area contributed by atoms with Crippen molar-refractivity contribution in [3.8, 4) is 11.8 Å². The van der Waals surface area contributed by atoms with Crippen molar-refractivity contribution in [1.82, 2.24) is 14.9 Å². The van der Waals surface area contributed by atoms with Crippen molar-refractivity contribution in [1.29, 1.82) is 0 Å². The second-order valence-electron chi connectivity index (χ2n) is 3.49. The van der Waals surface area contributed by atoms with Crippen molar-refractivity contribution in [2.24, 2.45) is 0 Å². The van der Waals surface area contributed by atoms with E-state index in [1.165, 1.54) is 5.69 Å². The van der Waals surface area contributed by atoms with Crippen LogP contribution in [0, 0.1) is 18.8 Å². The Bertz CT molecular complexity index is 355. The highest BCUT2D eigenvalue weighted by Crippen LogP contribution is 2.03. The molecule has 0 aliphatic carbocycles. The van der Waals surface area contributed by atoms with Gasteiger partial charge in [0.05, 0.1) is 12.2 Å². The maximum atomic E-state index is 4.30. The van der Waals surface area contributed by atoms with E-state index < -0.39 is 0 Å². The fourth-order valence-electron chi connectivity index (χ4n) is 1.42. The summed E-state index contributed by atoms with van der Waals surface area (Å²) in [5, 5.41) is 3.37. The van der Waals surface area contributed by atoms with E-state index in [2.05, 4.69) is 33.6 Å². The molecule has 1 aromatic heterocycles. The molecule has 3 nitrogen and oxygen atoms in total. The molecule has 0 fully saturated rings. The third kappa shape index (κ3) is 3.41. The molecule has 0 amide bonds. The van der Waals surface area contributed by atoms with Gasteiger partial charge in [0, 0.05) is 12.7 Å². The Balaban J connectivity index is 2.64. The monoisotopic (exact) mass is 205 g/mol. The van der Waals surface area contributed by atoms with Crippen LogP contribution in [0.2, 0.25) is 0 Å². The fourth-order valence-corrected chi connectivity index (χ4v) is 1.42. The number of aryl methyl sites for hydroxylation is 1. The molecule has 0 atom stereocenters. The summed E-state index contributed by atoms with van der Waals surface area (Å²) in [5.41, 5.74) is 1.21. The molecule has 0 unspecified atom stereocenters. The highest BCUT2D eigenvalue weighted by atomic mass is 15.1. The average molecular weight is 205 g/mol. The maximum Gasteiger partial charge on any atom is 0.106 e. The summed E-state index contributed by atoms with van der Waals surface area (Å²) < 4.78 is 2.15. The second-order valence-corrected chi connectivity index (χ2v) is 3.49. The molecule has 0 aliphatic heterocycles. The van der Waals surface area contributed by atoms with Gasteiger partial charge in [-0.05, 0) is 26.8 Å². The Kier molecular flexibility index (Phi) is 4.92. The van der Waals surface area contributed by atoms with Gasteiger partial charge in [0.15, 0.2) is 0 Å². The number of nitrogens with zero attached hydrogens (tertiary/aromatic N) is 2. The summed E-state index contributed by atoms with van der Waals surface area (Å²) in [6.45, 7) is 8.70. The van der Waals surface area contributed by atoms with Gasteiger partial charge in [-0.2, -0.15) is 0 Å². The lowest BCUT2D eigenvalue weighted by atomic mass is 10.4. The molecule has 15 heavy (non-hydrogen) atoms. The molecular weight excluding hydrogens is 186 g/mol. The van der Waals surface area contributed by atoms with E-state index >= 15 is 0 Å². The Morgan fingerprint density at radius 2 is 2.33 bits per heavy atom. The lowest BCUT2D eigenvalue weighted by Gasteiger charge is -2.07. The summed E-state index contributed by atoms with van der Waals surface area (Å²) >= 11 is 0. The summed E-state index contributed by atoms with van der Waals surface area (Å²) in [6, 6.07) is 0. The summed E-state index contributed by atoms with van der Waals surface area (Å²) in [6.07, 6.45) is 3.08. The lowest BCUT2D eigenvalue weighted by Crippen LogP contribution is -2.17. The van der Waals surface area contributed by atoms with E-state index in [1.807, 2.05) is 20.0 Å². The van der Waals surface area contributed by atoms with Crippen LogP contribution in [0.5, 0.6) is 0 Å². The topological polar surface area (TPSA) is 29.9 Å². The van der Waals surface area contributed by atoms with Crippen LogP contribution in [-0.4, -0.2) is 16.1 Å². The molecule has 82 valence electrons.